The minimum absolute atomic E-state index is 0.0211. The predicted molar refractivity (Wildman–Crippen MR) is 144 cm³/mol. The van der Waals surface area contributed by atoms with E-state index in [-0.39, 0.29) is 17.8 Å². The quantitative estimate of drug-likeness (QED) is 0.392. The summed E-state index contributed by atoms with van der Waals surface area (Å²) >= 11 is 7.25. The van der Waals surface area contributed by atoms with Crippen LogP contribution in [0.15, 0.2) is 40.5 Å². The van der Waals surface area contributed by atoms with Gasteiger partial charge in [-0.3, -0.25) is 19.2 Å². The predicted octanol–water partition coefficient (Wildman–Crippen LogP) is 3.87. The number of carbonyl (C=O) groups is 4. The van der Waals surface area contributed by atoms with Crippen LogP contribution >= 0.6 is 23.4 Å². The van der Waals surface area contributed by atoms with Crippen LogP contribution in [0.5, 0.6) is 0 Å². The molecule has 0 saturated carbocycles. The molecule has 10 nitrogen and oxygen atoms in total. The Kier molecular flexibility index (Phi) is 8.72. The highest BCUT2D eigenvalue weighted by atomic mass is 35.5. The lowest BCUT2D eigenvalue weighted by Gasteiger charge is -2.37. The number of carbonyl (C=O) groups excluding carboxylic acids is 4. The van der Waals surface area contributed by atoms with Crippen molar-refractivity contribution in [1.29, 1.82) is 0 Å². The van der Waals surface area contributed by atoms with Crippen molar-refractivity contribution in [1.82, 2.24) is 5.32 Å². The van der Waals surface area contributed by atoms with Crippen LogP contribution < -0.4 is 5.32 Å². The number of rotatable bonds is 6. The molecule has 0 aromatic heterocycles. The second-order valence-electron chi connectivity index (χ2n) is 10.5. The first-order chi connectivity index (χ1) is 18.3. The molecular weight excluding hydrogens is 548 g/mol. The lowest BCUT2D eigenvalue weighted by Crippen LogP contribution is -2.42. The van der Waals surface area contributed by atoms with Crippen LogP contribution in [0.4, 0.5) is 0 Å². The number of halogens is 1. The molecule has 4 rings (SSSR count). The normalized spacial score (nSPS) is 27.7. The number of aliphatic imine (C=N–C) groups is 1. The van der Waals surface area contributed by atoms with Crippen LogP contribution in [0.2, 0.25) is 5.02 Å². The number of Topliss-reactive ketones (excluding diaryl/α,β-unsaturated/α-hetero) is 1. The lowest BCUT2D eigenvalue weighted by molar-refractivity contribution is -0.165. The largest absolute Gasteiger partial charge is 0.463 e. The van der Waals surface area contributed by atoms with E-state index in [2.05, 4.69) is 5.32 Å². The molecule has 2 aliphatic heterocycles. The van der Waals surface area contributed by atoms with Crippen molar-refractivity contribution in [3.05, 3.63) is 46.1 Å². The molecule has 0 radical (unpaired) electrons. The van der Waals surface area contributed by atoms with Gasteiger partial charge in [-0.1, -0.05) is 49.3 Å². The van der Waals surface area contributed by atoms with Crippen molar-refractivity contribution in [3.8, 4) is 0 Å². The zero-order valence-electron chi connectivity index (χ0n) is 22.3. The van der Waals surface area contributed by atoms with Gasteiger partial charge < -0.3 is 24.3 Å². The SMILES string of the molecule is CC(=O)OC[C@H]1O[C@@H](SC2=NC(c3ccc(Cl)cc3)C3=C(CC(C)(C)CC3=O)N2)[C@H](OC(C)=O)[C@@H]1OC(C)=O. The highest BCUT2D eigenvalue weighted by Crippen LogP contribution is 2.45. The van der Waals surface area contributed by atoms with Crippen LogP contribution in [-0.2, 0) is 38.1 Å². The molecule has 1 saturated heterocycles. The zero-order valence-corrected chi connectivity index (χ0v) is 23.9. The number of allylic oxidation sites excluding steroid dienone is 1. The number of thioether (sulfide) groups is 1. The number of amidine groups is 1. The number of nitrogens with one attached hydrogen (secondary N) is 1. The molecule has 39 heavy (non-hydrogen) atoms. The molecule has 0 spiro atoms. The minimum atomic E-state index is -1.01. The third-order valence-electron chi connectivity index (χ3n) is 6.43. The molecule has 0 amide bonds. The first-order valence-electron chi connectivity index (χ1n) is 12.5. The van der Waals surface area contributed by atoms with E-state index in [1.165, 1.54) is 20.8 Å². The second-order valence-corrected chi connectivity index (χ2v) is 12.0. The Labute approximate surface area is 235 Å². The van der Waals surface area contributed by atoms with Crippen LogP contribution in [0.1, 0.15) is 59.1 Å². The lowest BCUT2D eigenvalue weighted by atomic mass is 9.73. The molecular formula is C27H31ClN2O8S. The van der Waals surface area contributed by atoms with Crippen molar-refractivity contribution in [2.75, 3.05) is 6.61 Å². The number of nitrogens with zero attached hydrogens (tertiary/aromatic N) is 1. The van der Waals surface area contributed by atoms with Gasteiger partial charge in [-0.2, -0.15) is 0 Å². The van der Waals surface area contributed by atoms with Crippen molar-refractivity contribution >= 4 is 52.2 Å². The molecule has 5 atom stereocenters. The van der Waals surface area contributed by atoms with Gasteiger partial charge in [0, 0.05) is 43.5 Å². The third kappa shape index (κ3) is 7.01. The Hall–Kier alpha value is -2.89. The van der Waals surface area contributed by atoms with Gasteiger partial charge in [0.15, 0.2) is 28.6 Å². The van der Waals surface area contributed by atoms with Gasteiger partial charge in [0.2, 0.25) is 0 Å². The summed E-state index contributed by atoms with van der Waals surface area (Å²) in [6, 6.07) is 6.60. The summed E-state index contributed by atoms with van der Waals surface area (Å²) in [5, 5.41) is 4.31. The fourth-order valence-electron chi connectivity index (χ4n) is 4.93. The average Bonchev–Trinajstić information content (AvgIpc) is 3.11. The Bertz CT molecular complexity index is 1230. The maximum Gasteiger partial charge on any atom is 0.303 e. The molecule has 12 heteroatoms. The third-order valence-corrected chi connectivity index (χ3v) is 7.73. The van der Waals surface area contributed by atoms with Crippen molar-refractivity contribution in [2.45, 2.75) is 77.3 Å². The van der Waals surface area contributed by atoms with Gasteiger partial charge in [0.25, 0.3) is 0 Å². The molecule has 2 heterocycles. The highest BCUT2D eigenvalue weighted by molar-refractivity contribution is 8.14. The number of ether oxygens (including phenoxy) is 4. The number of hydrogen-bond donors (Lipinski definition) is 1. The topological polar surface area (TPSA) is 130 Å². The molecule has 210 valence electrons. The van der Waals surface area contributed by atoms with Crippen molar-refractivity contribution in [2.24, 2.45) is 10.4 Å². The number of hydrogen-bond acceptors (Lipinski definition) is 11. The maximum absolute atomic E-state index is 13.3. The van der Waals surface area contributed by atoms with E-state index in [1.807, 2.05) is 26.0 Å². The molecule has 1 N–H and O–H groups in total. The molecule has 0 bridgehead atoms. The Morgan fingerprint density at radius 3 is 2.31 bits per heavy atom. The molecule has 1 aromatic carbocycles. The average molecular weight is 579 g/mol. The summed E-state index contributed by atoms with van der Waals surface area (Å²) in [4.78, 5) is 53.4. The molecule has 1 aliphatic carbocycles. The van der Waals surface area contributed by atoms with Crippen LogP contribution in [-0.4, -0.2) is 59.2 Å². The monoisotopic (exact) mass is 578 g/mol. The Balaban J connectivity index is 1.67. The van der Waals surface area contributed by atoms with Gasteiger partial charge >= 0.3 is 17.9 Å². The van der Waals surface area contributed by atoms with Crippen LogP contribution in [0.25, 0.3) is 0 Å². The van der Waals surface area contributed by atoms with E-state index < -0.39 is 47.7 Å². The van der Waals surface area contributed by atoms with E-state index >= 15 is 0 Å². The Morgan fingerprint density at radius 2 is 1.69 bits per heavy atom. The molecule has 3 aliphatic rings. The summed E-state index contributed by atoms with van der Waals surface area (Å²) < 4.78 is 22.2. The van der Waals surface area contributed by atoms with Gasteiger partial charge in [-0.15, -0.1) is 0 Å². The summed E-state index contributed by atoms with van der Waals surface area (Å²) in [5.41, 5.74) is 1.07. The van der Waals surface area contributed by atoms with Gasteiger partial charge in [-0.25, -0.2) is 4.99 Å². The zero-order chi connectivity index (χ0) is 28.5. The van der Waals surface area contributed by atoms with E-state index in [0.717, 1.165) is 23.0 Å². The Morgan fingerprint density at radius 1 is 1.05 bits per heavy atom. The van der Waals surface area contributed by atoms with E-state index in [0.29, 0.717) is 28.6 Å². The van der Waals surface area contributed by atoms with Crippen LogP contribution in [0.3, 0.4) is 0 Å². The first-order valence-corrected chi connectivity index (χ1v) is 13.7. The highest BCUT2D eigenvalue weighted by Gasteiger charge is 2.51. The second kappa shape index (κ2) is 11.7. The van der Waals surface area contributed by atoms with Gasteiger partial charge in [0.05, 0.1) is 0 Å². The van der Waals surface area contributed by atoms with Crippen molar-refractivity contribution in [3.63, 3.8) is 0 Å². The van der Waals surface area contributed by atoms with Crippen molar-refractivity contribution < 1.29 is 38.1 Å². The molecule has 1 aromatic rings. The van der Waals surface area contributed by atoms with E-state index in [1.54, 1.807) is 12.1 Å². The fraction of sp³-hybridized carbons (Fsp3) is 0.519. The molecule has 1 unspecified atom stereocenters. The van der Waals surface area contributed by atoms with E-state index in [4.69, 9.17) is 35.5 Å². The standard InChI is InChI=1S/C27H31ClN2O8S/c1-13(31)35-12-20-23(36-14(2)32)24(37-15(3)33)25(38-20)39-26-29-18-10-27(4,5)11-19(34)21(18)22(30-26)16-6-8-17(28)9-7-16/h6-9,20,22-25H,10-12H2,1-5H3,(H,29,30)/t20-,22?,23-,24-,25+/m1/s1. The molecule has 1 fully saturated rings. The van der Waals surface area contributed by atoms with Crippen LogP contribution in [0, 0.1) is 5.41 Å². The van der Waals surface area contributed by atoms with Gasteiger partial charge in [0.1, 0.15) is 18.8 Å². The first kappa shape index (κ1) is 29.1. The van der Waals surface area contributed by atoms with E-state index in [9.17, 15) is 19.2 Å². The smallest absolute Gasteiger partial charge is 0.303 e. The number of ketones is 1. The maximum atomic E-state index is 13.3. The summed E-state index contributed by atoms with van der Waals surface area (Å²) in [7, 11) is 0. The fourth-order valence-corrected chi connectivity index (χ4v) is 6.17. The number of esters is 3. The summed E-state index contributed by atoms with van der Waals surface area (Å²) in [6.45, 7) is 7.59. The number of benzene rings is 1. The summed E-state index contributed by atoms with van der Waals surface area (Å²) in [5.74, 6) is -1.71. The minimum Gasteiger partial charge on any atom is -0.463 e. The van der Waals surface area contributed by atoms with Gasteiger partial charge in [-0.05, 0) is 29.5 Å². The summed E-state index contributed by atoms with van der Waals surface area (Å²) in [6.07, 6.45) is -1.86.